The molecule has 356 valence electrons. The Balaban J connectivity index is 4.31. The summed E-state index contributed by atoms with van der Waals surface area (Å²) < 4.78 is 6.06. The van der Waals surface area contributed by atoms with Crippen LogP contribution < -0.4 is 11.1 Å². The Morgan fingerprint density at radius 3 is 1.42 bits per heavy atom. The van der Waals surface area contributed by atoms with E-state index in [1.165, 1.54) is 83.5 Å². The Kier molecular flexibility index (Phi) is 46.3. The fourth-order valence-electron chi connectivity index (χ4n) is 7.42. The van der Waals surface area contributed by atoms with Gasteiger partial charge in [-0.05, 0) is 122 Å². The normalized spacial score (nSPS) is 13.2. The van der Waals surface area contributed by atoms with Gasteiger partial charge < -0.3 is 20.9 Å². The van der Waals surface area contributed by atoms with E-state index in [4.69, 9.17) is 10.5 Å². The van der Waals surface area contributed by atoms with Gasteiger partial charge in [-0.3, -0.25) is 9.59 Å². The molecule has 0 bridgehead atoms. The highest BCUT2D eigenvalue weighted by Gasteiger charge is 2.19. The van der Waals surface area contributed by atoms with Crippen molar-refractivity contribution in [3.05, 3.63) is 72.9 Å². The van der Waals surface area contributed by atoms with E-state index in [1.807, 2.05) is 0 Å². The molecule has 0 spiro atoms. The van der Waals surface area contributed by atoms with E-state index < -0.39 is 12.0 Å². The highest BCUT2D eigenvalue weighted by atomic mass is 16.5. The van der Waals surface area contributed by atoms with Crippen molar-refractivity contribution in [3.8, 4) is 0 Å². The number of ether oxygens (including phenoxy) is 1. The maximum Gasteiger partial charge on any atom is 0.326 e. The molecule has 4 N–H and O–H groups in total. The van der Waals surface area contributed by atoms with Crippen molar-refractivity contribution in [3.63, 3.8) is 0 Å². The smallest absolute Gasteiger partial charge is 0.326 e. The second kappa shape index (κ2) is 48.8. The Labute approximate surface area is 382 Å². The summed E-state index contributed by atoms with van der Waals surface area (Å²) >= 11 is 0. The molecule has 0 aromatic carbocycles. The zero-order chi connectivity index (χ0) is 45.2. The Hall–Kier alpha value is -3.19. The first kappa shape index (κ1) is 58.8. The van der Waals surface area contributed by atoms with Crippen LogP contribution >= 0.6 is 0 Å². The fourth-order valence-corrected chi connectivity index (χ4v) is 7.42. The number of rotatable bonds is 46. The Bertz CT molecular complexity index is 1200. The number of carbonyl (C=O) groups excluding carboxylic acids is 2. The van der Waals surface area contributed by atoms with Gasteiger partial charge >= 0.3 is 11.9 Å². The number of allylic oxidation sites excluding steroid dienone is 12. The zero-order valence-corrected chi connectivity index (χ0v) is 40.2. The van der Waals surface area contributed by atoms with Crippen molar-refractivity contribution < 1.29 is 24.2 Å². The van der Waals surface area contributed by atoms with Crippen molar-refractivity contribution in [1.29, 1.82) is 0 Å². The number of unbranched alkanes of at least 4 members (excludes halogenated alkanes) is 20. The van der Waals surface area contributed by atoms with Gasteiger partial charge in [-0.15, -0.1) is 0 Å². The number of carboxylic acids is 1. The van der Waals surface area contributed by atoms with Crippen LogP contribution in [0.3, 0.4) is 0 Å². The molecular weight excluding hydrogens is 769 g/mol. The SMILES string of the molecule is CC/C=C\C/C=C\C/C=C\C/C=C\C/C=C\CCCCCCCCCC(=O)OC(CCC/C=C\CCCCCCCCCC)CCCCCCCC(=O)NC(CCCN)C(=O)O. The van der Waals surface area contributed by atoms with Gasteiger partial charge in [-0.1, -0.05) is 183 Å². The molecule has 0 aliphatic carbocycles. The number of aliphatic carboxylic acids is 1. The molecule has 0 radical (unpaired) electrons. The summed E-state index contributed by atoms with van der Waals surface area (Å²) in [7, 11) is 0. The maximum atomic E-state index is 12.9. The summed E-state index contributed by atoms with van der Waals surface area (Å²) in [6, 6.07) is -0.863. The van der Waals surface area contributed by atoms with Crippen LogP contribution in [0.15, 0.2) is 72.9 Å². The first-order chi connectivity index (χ1) is 30.4. The van der Waals surface area contributed by atoms with Crippen molar-refractivity contribution in [2.75, 3.05) is 6.54 Å². The minimum Gasteiger partial charge on any atom is -0.480 e. The van der Waals surface area contributed by atoms with Gasteiger partial charge in [0.1, 0.15) is 12.1 Å². The first-order valence-electron chi connectivity index (χ1n) is 25.8. The monoisotopic (exact) mass is 865 g/mol. The molecule has 1 amide bonds. The number of nitrogens with two attached hydrogens (primary N) is 1. The van der Waals surface area contributed by atoms with Gasteiger partial charge in [-0.2, -0.15) is 0 Å². The van der Waals surface area contributed by atoms with E-state index >= 15 is 0 Å². The predicted octanol–water partition coefficient (Wildman–Crippen LogP) is 15.5. The predicted molar refractivity (Wildman–Crippen MR) is 266 cm³/mol. The third kappa shape index (κ3) is 44.9. The second-order valence-electron chi connectivity index (χ2n) is 17.2. The lowest BCUT2D eigenvalue weighted by molar-refractivity contribution is -0.150. The number of carbonyl (C=O) groups is 3. The third-order valence-corrected chi connectivity index (χ3v) is 11.3. The van der Waals surface area contributed by atoms with Gasteiger partial charge in [0, 0.05) is 12.8 Å². The average Bonchev–Trinajstić information content (AvgIpc) is 3.26. The third-order valence-electron chi connectivity index (χ3n) is 11.3. The molecule has 0 saturated heterocycles. The molecule has 0 aromatic heterocycles. The summed E-state index contributed by atoms with van der Waals surface area (Å²) in [6.07, 6.45) is 63.9. The van der Waals surface area contributed by atoms with Gasteiger partial charge in [0.05, 0.1) is 0 Å². The first-order valence-corrected chi connectivity index (χ1v) is 25.8. The summed E-state index contributed by atoms with van der Waals surface area (Å²) in [6.45, 7) is 4.84. The molecule has 0 fully saturated rings. The standard InChI is InChI=1S/C55H96N2O5/c1-3-5-7-9-11-13-15-17-18-19-20-21-22-23-24-25-26-28-30-32-34-39-43-49-54(59)62-51(45-40-36-33-31-29-27-16-14-12-10-8-6-4-2)46-41-37-35-38-42-48-53(58)57-52(55(60)61)47-44-50-56/h5,7,11,13,17-18,20-21,23-24,31,33,51-52H,3-4,6,8-10,12,14-16,19,22,25-30,32,34-50,56H2,1-2H3,(H,57,58)(H,60,61)/b7-5-,13-11-,18-17-,21-20-,24-23-,33-31-. The molecule has 62 heavy (non-hydrogen) atoms. The number of esters is 1. The van der Waals surface area contributed by atoms with Crippen molar-refractivity contribution in [1.82, 2.24) is 5.32 Å². The number of carboxylic acid groups (broad SMARTS) is 1. The van der Waals surface area contributed by atoms with Gasteiger partial charge in [0.15, 0.2) is 0 Å². The fraction of sp³-hybridized carbons (Fsp3) is 0.727. The van der Waals surface area contributed by atoms with Crippen molar-refractivity contribution >= 4 is 17.8 Å². The van der Waals surface area contributed by atoms with Crippen LogP contribution in [0, 0.1) is 0 Å². The van der Waals surface area contributed by atoms with Crippen LogP contribution in [0.1, 0.15) is 239 Å². The average molecular weight is 865 g/mol. The zero-order valence-electron chi connectivity index (χ0n) is 40.2. The highest BCUT2D eigenvalue weighted by Crippen LogP contribution is 2.18. The Morgan fingerprint density at radius 1 is 0.484 bits per heavy atom. The number of nitrogens with one attached hydrogen (secondary N) is 1. The molecule has 7 nitrogen and oxygen atoms in total. The Morgan fingerprint density at radius 2 is 0.903 bits per heavy atom. The minimum absolute atomic E-state index is 0.0289. The number of amides is 1. The molecule has 2 unspecified atom stereocenters. The van der Waals surface area contributed by atoms with Crippen molar-refractivity contribution in [2.24, 2.45) is 5.73 Å². The van der Waals surface area contributed by atoms with Gasteiger partial charge in [-0.25, -0.2) is 4.79 Å². The van der Waals surface area contributed by atoms with E-state index in [-0.39, 0.29) is 18.0 Å². The van der Waals surface area contributed by atoms with E-state index in [9.17, 15) is 19.5 Å². The quantitative estimate of drug-likeness (QED) is 0.0319. The summed E-state index contributed by atoms with van der Waals surface area (Å²) in [5.74, 6) is -1.26. The van der Waals surface area contributed by atoms with Gasteiger partial charge in [0.25, 0.3) is 0 Å². The van der Waals surface area contributed by atoms with E-state index in [2.05, 4.69) is 92.1 Å². The minimum atomic E-state index is -1.01. The molecule has 0 saturated carbocycles. The molecule has 7 heteroatoms. The van der Waals surface area contributed by atoms with E-state index in [0.717, 1.165) is 116 Å². The van der Waals surface area contributed by atoms with Crippen LogP contribution in [-0.4, -0.2) is 41.6 Å². The lowest BCUT2D eigenvalue weighted by Gasteiger charge is -2.18. The number of hydrogen-bond acceptors (Lipinski definition) is 5. The molecule has 0 aromatic rings. The van der Waals surface area contributed by atoms with Crippen LogP contribution in [-0.2, 0) is 19.1 Å². The number of hydrogen-bond donors (Lipinski definition) is 3. The lowest BCUT2D eigenvalue weighted by atomic mass is 10.0. The summed E-state index contributed by atoms with van der Waals surface area (Å²) in [4.78, 5) is 36.6. The lowest BCUT2D eigenvalue weighted by Crippen LogP contribution is -2.40. The molecule has 2 atom stereocenters. The molecule has 0 aliphatic rings. The maximum absolute atomic E-state index is 12.9. The topological polar surface area (TPSA) is 119 Å². The van der Waals surface area contributed by atoms with Crippen LogP contribution in [0.2, 0.25) is 0 Å². The van der Waals surface area contributed by atoms with Crippen LogP contribution in [0.4, 0.5) is 0 Å². The molecule has 0 rings (SSSR count). The molecule has 0 heterocycles. The van der Waals surface area contributed by atoms with E-state index in [1.54, 1.807) is 0 Å². The molecule has 0 aliphatic heterocycles. The largest absolute Gasteiger partial charge is 0.480 e. The highest BCUT2D eigenvalue weighted by molar-refractivity contribution is 5.83. The summed E-state index contributed by atoms with van der Waals surface area (Å²) in [5.41, 5.74) is 5.50. The van der Waals surface area contributed by atoms with Crippen LogP contribution in [0.5, 0.6) is 0 Å². The van der Waals surface area contributed by atoms with Crippen LogP contribution in [0.25, 0.3) is 0 Å². The van der Waals surface area contributed by atoms with Gasteiger partial charge in [0.2, 0.25) is 5.91 Å². The second-order valence-corrected chi connectivity index (χ2v) is 17.2. The molecular formula is C55H96N2O5. The van der Waals surface area contributed by atoms with Crippen molar-refractivity contribution in [2.45, 2.75) is 251 Å². The summed E-state index contributed by atoms with van der Waals surface area (Å²) in [5, 5.41) is 12.0. The van der Waals surface area contributed by atoms with E-state index in [0.29, 0.717) is 32.2 Å².